The highest BCUT2D eigenvalue weighted by molar-refractivity contribution is 5.25. The second-order valence-corrected chi connectivity index (χ2v) is 7.61. The van der Waals surface area contributed by atoms with Crippen molar-refractivity contribution >= 4 is 0 Å². The molecule has 1 aromatic carbocycles. The lowest BCUT2D eigenvalue weighted by Crippen LogP contribution is -2.23. The van der Waals surface area contributed by atoms with E-state index in [1.807, 2.05) is 6.07 Å². The maximum absolute atomic E-state index is 9.74. The molecule has 0 bridgehead atoms. The Morgan fingerprint density at radius 1 is 1.17 bits per heavy atom. The molecule has 0 unspecified atom stereocenters. The Balaban J connectivity index is 1.82. The Kier molecular flexibility index (Phi) is 4.55. The molecule has 3 rings (SSSR count). The average Bonchev–Trinajstić information content (AvgIpc) is 3.06. The third-order valence-electron chi connectivity index (χ3n) is 4.38. The first-order chi connectivity index (χ1) is 10.9. The zero-order valence-electron chi connectivity index (χ0n) is 14.4. The molecule has 23 heavy (non-hydrogen) atoms. The first kappa shape index (κ1) is 16.2. The van der Waals surface area contributed by atoms with Crippen molar-refractivity contribution in [1.29, 1.82) is 0 Å². The molecule has 1 atom stereocenters. The van der Waals surface area contributed by atoms with Crippen molar-refractivity contribution in [3.63, 3.8) is 0 Å². The lowest BCUT2D eigenvalue weighted by Gasteiger charge is -2.20. The number of hydrogen-bond acceptors (Lipinski definition) is 3. The first-order valence-corrected chi connectivity index (χ1v) is 8.43. The van der Waals surface area contributed by atoms with Gasteiger partial charge < -0.3 is 5.11 Å². The van der Waals surface area contributed by atoms with Crippen molar-refractivity contribution in [1.82, 2.24) is 14.7 Å². The van der Waals surface area contributed by atoms with Crippen molar-refractivity contribution in [2.24, 2.45) is 0 Å². The molecule has 0 saturated carbocycles. The number of likely N-dealkylation sites (tertiary alicyclic amines) is 1. The summed E-state index contributed by atoms with van der Waals surface area (Å²) in [5, 5.41) is 14.6. The van der Waals surface area contributed by atoms with Gasteiger partial charge in [-0.3, -0.25) is 9.58 Å². The second kappa shape index (κ2) is 6.46. The summed E-state index contributed by atoms with van der Waals surface area (Å²) in [6, 6.07) is 10.4. The van der Waals surface area contributed by atoms with Crippen molar-refractivity contribution in [3.8, 4) is 0 Å². The molecule has 0 amide bonds. The molecule has 1 aromatic heterocycles. The molecule has 2 aromatic rings. The van der Waals surface area contributed by atoms with Crippen LogP contribution < -0.4 is 0 Å². The Labute approximate surface area is 138 Å². The van der Waals surface area contributed by atoms with Crippen LogP contribution in [0.3, 0.4) is 0 Å². The average molecular weight is 313 g/mol. The van der Waals surface area contributed by atoms with Crippen LogP contribution in [0, 0.1) is 0 Å². The second-order valence-electron chi connectivity index (χ2n) is 7.61. The normalized spacial score (nSPS) is 19.4. The van der Waals surface area contributed by atoms with Crippen molar-refractivity contribution < 1.29 is 5.11 Å². The molecule has 4 heteroatoms. The van der Waals surface area contributed by atoms with Crippen LogP contribution in [0.2, 0.25) is 0 Å². The molecule has 2 heterocycles. The topological polar surface area (TPSA) is 41.3 Å². The van der Waals surface area contributed by atoms with Gasteiger partial charge in [0, 0.05) is 36.8 Å². The summed E-state index contributed by atoms with van der Waals surface area (Å²) in [5.41, 5.74) is 3.73. The van der Waals surface area contributed by atoms with E-state index in [2.05, 4.69) is 60.8 Å². The van der Waals surface area contributed by atoms with Gasteiger partial charge in [0.15, 0.2) is 0 Å². The molecule has 0 radical (unpaired) electrons. The Morgan fingerprint density at radius 2 is 1.91 bits per heavy atom. The summed E-state index contributed by atoms with van der Waals surface area (Å²) < 4.78 is 2.05. The number of β-amino-alcohol motifs (C(OH)–C–C–N with tert-alkyl or cyclic N) is 1. The molecule has 0 spiro atoms. The molecule has 1 aliphatic heterocycles. The number of aromatic nitrogens is 2. The van der Waals surface area contributed by atoms with E-state index in [4.69, 9.17) is 5.10 Å². The first-order valence-electron chi connectivity index (χ1n) is 8.43. The van der Waals surface area contributed by atoms with Gasteiger partial charge in [0.25, 0.3) is 0 Å². The molecular formula is C19H27N3O. The van der Waals surface area contributed by atoms with Crippen LogP contribution in [-0.4, -0.2) is 39.0 Å². The molecule has 1 saturated heterocycles. The third kappa shape index (κ3) is 4.01. The zero-order chi connectivity index (χ0) is 16.4. The lowest BCUT2D eigenvalue weighted by molar-refractivity contribution is 0.174. The number of benzene rings is 1. The minimum Gasteiger partial charge on any atom is -0.392 e. The summed E-state index contributed by atoms with van der Waals surface area (Å²) in [6.07, 6.45) is 2.88. The highest BCUT2D eigenvalue weighted by Gasteiger charge is 2.26. The number of aliphatic hydroxyl groups is 1. The van der Waals surface area contributed by atoms with E-state index in [0.717, 1.165) is 38.3 Å². The highest BCUT2D eigenvalue weighted by Crippen LogP contribution is 2.26. The fourth-order valence-electron chi connectivity index (χ4n) is 3.26. The van der Waals surface area contributed by atoms with E-state index in [-0.39, 0.29) is 11.5 Å². The van der Waals surface area contributed by atoms with Crippen molar-refractivity contribution in [3.05, 3.63) is 53.3 Å². The van der Waals surface area contributed by atoms with Gasteiger partial charge in [0.05, 0.1) is 18.3 Å². The quantitative estimate of drug-likeness (QED) is 0.943. The largest absolute Gasteiger partial charge is 0.392 e. The van der Waals surface area contributed by atoms with E-state index < -0.39 is 0 Å². The molecule has 1 fully saturated rings. The number of aliphatic hydroxyl groups excluding tert-OH is 1. The summed E-state index contributed by atoms with van der Waals surface area (Å²) in [5.74, 6) is 0. The predicted molar refractivity (Wildman–Crippen MR) is 92.4 cm³/mol. The Hall–Kier alpha value is -1.65. The van der Waals surface area contributed by atoms with E-state index in [1.54, 1.807) is 0 Å². The summed E-state index contributed by atoms with van der Waals surface area (Å²) in [7, 11) is 0. The lowest BCUT2D eigenvalue weighted by atomic mass is 9.89. The summed E-state index contributed by atoms with van der Waals surface area (Å²) in [4.78, 5) is 2.32. The SMILES string of the molecule is CC(C)(C)c1nn(Cc2ccccc2)cc1CN1CC[C@@H](O)C1. The molecule has 1 N–H and O–H groups in total. The summed E-state index contributed by atoms with van der Waals surface area (Å²) >= 11 is 0. The zero-order valence-corrected chi connectivity index (χ0v) is 14.4. The maximum Gasteiger partial charge on any atom is 0.0723 e. The van der Waals surface area contributed by atoms with E-state index in [9.17, 15) is 5.11 Å². The van der Waals surface area contributed by atoms with Gasteiger partial charge >= 0.3 is 0 Å². The monoisotopic (exact) mass is 313 g/mol. The van der Waals surface area contributed by atoms with Crippen molar-refractivity contribution in [2.75, 3.05) is 13.1 Å². The van der Waals surface area contributed by atoms with Gasteiger partial charge in [-0.05, 0) is 12.0 Å². The predicted octanol–water partition coefficient (Wildman–Crippen LogP) is 2.80. The standard InChI is InChI=1S/C19H27N3O/c1-19(2,3)18-16(12-21-10-9-17(23)14-21)13-22(20-18)11-15-7-5-4-6-8-15/h4-8,13,17,23H,9-12,14H2,1-3H3/t17-/m1/s1. The van der Waals surface area contributed by atoms with Crippen LogP contribution >= 0.6 is 0 Å². The van der Waals surface area contributed by atoms with Gasteiger partial charge in [-0.2, -0.15) is 5.10 Å². The Morgan fingerprint density at radius 3 is 2.52 bits per heavy atom. The molecule has 1 aliphatic rings. The van der Waals surface area contributed by atoms with E-state index in [1.165, 1.54) is 11.1 Å². The maximum atomic E-state index is 9.74. The Bertz CT molecular complexity index is 642. The number of rotatable bonds is 4. The van der Waals surface area contributed by atoms with Gasteiger partial charge in [-0.1, -0.05) is 51.1 Å². The number of nitrogens with zero attached hydrogens (tertiary/aromatic N) is 3. The molecular weight excluding hydrogens is 286 g/mol. The minimum atomic E-state index is -0.174. The van der Waals surface area contributed by atoms with Crippen LogP contribution in [0.1, 0.15) is 44.0 Å². The minimum absolute atomic E-state index is 0.0234. The van der Waals surface area contributed by atoms with Gasteiger partial charge in [0.1, 0.15) is 0 Å². The molecule has 4 nitrogen and oxygen atoms in total. The fraction of sp³-hybridized carbons (Fsp3) is 0.526. The van der Waals surface area contributed by atoms with Crippen LogP contribution in [0.4, 0.5) is 0 Å². The van der Waals surface area contributed by atoms with Crippen LogP contribution in [0.25, 0.3) is 0 Å². The van der Waals surface area contributed by atoms with Gasteiger partial charge in [-0.25, -0.2) is 0 Å². The smallest absolute Gasteiger partial charge is 0.0723 e. The van der Waals surface area contributed by atoms with E-state index in [0.29, 0.717) is 0 Å². The van der Waals surface area contributed by atoms with Crippen LogP contribution in [0.5, 0.6) is 0 Å². The van der Waals surface area contributed by atoms with Crippen LogP contribution in [-0.2, 0) is 18.5 Å². The van der Waals surface area contributed by atoms with Crippen molar-refractivity contribution in [2.45, 2.75) is 51.8 Å². The third-order valence-corrected chi connectivity index (χ3v) is 4.38. The molecule has 124 valence electrons. The van der Waals surface area contributed by atoms with E-state index >= 15 is 0 Å². The van der Waals surface area contributed by atoms with Gasteiger partial charge in [-0.15, -0.1) is 0 Å². The highest BCUT2D eigenvalue weighted by atomic mass is 16.3. The molecule has 0 aliphatic carbocycles. The van der Waals surface area contributed by atoms with Crippen LogP contribution in [0.15, 0.2) is 36.5 Å². The number of hydrogen-bond donors (Lipinski definition) is 1. The fourth-order valence-corrected chi connectivity index (χ4v) is 3.26. The van der Waals surface area contributed by atoms with Gasteiger partial charge in [0.2, 0.25) is 0 Å². The summed E-state index contributed by atoms with van der Waals surface area (Å²) in [6.45, 7) is 10.0.